The Morgan fingerprint density at radius 3 is 1.41 bits per heavy atom. The Morgan fingerprint density at radius 1 is 0.647 bits per heavy atom. The number of nitrogens with one attached hydrogen (secondary N) is 2. The third-order valence-corrected chi connectivity index (χ3v) is 6.37. The van der Waals surface area contributed by atoms with Crippen LogP contribution < -0.4 is 10.6 Å². The fourth-order valence-corrected chi connectivity index (χ4v) is 4.33. The van der Waals surface area contributed by atoms with E-state index >= 15 is 0 Å². The van der Waals surface area contributed by atoms with Crippen molar-refractivity contribution in [2.75, 3.05) is 10.6 Å². The zero-order valence-corrected chi connectivity index (χ0v) is 20.2. The molecule has 0 aromatic heterocycles. The number of anilines is 2. The number of phenols is 2. The molecule has 4 rings (SSSR count). The van der Waals surface area contributed by atoms with E-state index in [1.165, 1.54) is 0 Å². The highest BCUT2D eigenvalue weighted by atomic mass is 35.5. The summed E-state index contributed by atoms with van der Waals surface area (Å²) in [5.41, 5.74) is 4.99. The first kappa shape index (κ1) is 23.8. The molecule has 0 radical (unpaired) electrons. The van der Waals surface area contributed by atoms with Gasteiger partial charge in [0, 0.05) is 41.5 Å². The lowest BCUT2D eigenvalue weighted by molar-refractivity contribution is 0.457. The highest BCUT2D eigenvalue weighted by Gasteiger charge is 2.21. The van der Waals surface area contributed by atoms with Crippen molar-refractivity contribution < 1.29 is 10.2 Å². The second-order valence-electron chi connectivity index (χ2n) is 8.19. The number of hydrogen-bond donors (Lipinski definition) is 4. The summed E-state index contributed by atoms with van der Waals surface area (Å²) in [4.78, 5) is 0. The minimum Gasteiger partial charge on any atom is -0.506 e. The Morgan fingerprint density at radius 2 is 1.03 bits per heavy atom. The van der Waals surface area contributed by atoms with E-state index in [2.05, 4.69) is 10.6 Å². The fraction of sp³-hybridized carbons (Fsp3) is 0.143. The van der Waals surface area contributed by atoms with Crippen molar-refractivity contribution in [1.82, 2.24) is 0 Å². The highest BCUT2D eigenvalue weighted by Crippen LogP contribution is 2.43. The minimum atomic E-state index is -0.369. The monoisotopic (exact) mass is 492 g/mol. The Bertz CT molecular complexity index is 1170. The summed E-state index contributed by atoms with van der Waals surface area (Å²) >= 11 is 12.7. The molecule has 34 heavy (non-hydrogen) atoms. The van der Waals surface area contributed by atoms with Crippen LogP contribution in [0.15, 0.2) is 84.9 Å². The molecular formula is C28H26Cl2N2O2. The average Bonchev–Trinajstić information content (AvgIpc) is 2.86. The summed E-state index contributed by atoms with van der Waals surface area (Å²) in [7, 11) is 0. The number of rotatable bonds is 8. The minimum absolute atomic E-state index is 0.0161. The molecule has 0 spiro atoms. The molecular weight excluding hydrogens is 467 g/mol. The molecule has 0 unspecified atom stereocenters. The van der Waals surface area contributed by atoms with Gasteiger partial charge in [-0.05, 0) is 35.4 Å². The van der Waals surface area contributed by atoms with Gasteiger partial charge in [0.25, 0.3) is 0 Å². The molecule has 4 aromatic rings. The second kappa shape index (κ2) is 10.7. The van der Waals surface area contributed by atoms with Crippen LogP contribution >= 0.6 is 23.2 Å². The van der Waals surface area contributed by atoms with Gasteiger partial charge < -0.3 is 20.8 Å². The third-order valence-electron chi connectivity index (χ3n) is 5.80. The van der Waals surface area contributed by atoms with E-state index in [-0.39, 0.29) is 27.5 Å². The Hall–Kier alpha value is -3.34. The lowest BCUT2D eigenvalue weighted by Gasteiger charge is -2.20. The van der Waals surface area contributed by atoms with Gasteiger partial charge in [-0.1, -0.05) is 90.8 Å². The van der Waals surface area contributed by atoms with E-state index in [0.717, 1.165) is 22.5 Å². The predicted octanol–water partition coefficient (Wildman–Crippen LogP) is 7.78. The van der Waals surface area contributed by atoms with Crippen LogP contribution in [0.5, 0.6) is 11.5 Å². The van der Waals surface area contributed by atoms with Crippen LogP contribution in [0.4, 0.5) is 11.4 Å². The fourth-order valence-electron chi connectivity index (χ4n) is 3.87. The van der Waals surface area contributed by atoms with E-state index in [0.29, 0.717) is 24.2 Å². The van der Waals surface area contributed by atoms with Crippen molar-refractivity contribution in [1.29, 1.82) is 0 Å². The summed E-state index contributed by atoms with van der Waals surface area (Å²) in [6, 6.07) is 27.1. The molecule has 0 aliphatic heterocycles. The molecule has 0 fully saturated rings. The number of phenolic OH excluding ortho intramolecular Hbond substituents is 2. The molecule has 0 amide bonds. The molecule has 174 valence electrons. The summed E-state index contributed by atoms with van der Waals surface area (Å²) in [6.07, 6.45) is 0. The van der Waals surface area contributed by atoms with Crippen molar-refractivity contribution in [3.63, 3.8) is 0 Å². The predicted molar refractivity (Wildman–Crippen MR) is 141 cm³/mol. The van der Waals surface area contributed by atoms with Crippen LogP contribution in [0.25, 0.3) is 0 Å². The lowest BCUT2D eigenvalue weighted by atomic mass is 9.90. The molecule has 4 nitrogen and oxygen atoms in total. The molecule has 0 atom stereocenters. The van der Waals surface area contributed by atoms with Gasteiger partial charge in [-0.3, -0.25) is 0 Å². The van der Waals surface area contributed by atoms with Gasteiger partial charge in [-0.15, -0.1) is 0 Å². The summed E-state index contributed by atoms with van der Waals surface area (Å²) < 4.78 is 0. The van der Waals surface area contributed by atoms with Gasteiger partial charge in [0.05, 0.1) is 10.0 Å². The SMILES string of the molecule is CC(c1cc(NCc2ccccc2)cc(Cl)c1O)c1cc(NCc2ccccc2)cc(Cl)c1O. The van der Waals surface area contributed by atoms with Gasteiger partial charge in [0.2, 0.25) is 0 Å². The third kappa shape index (κ3) is 5.58. The molecule has 0 aliphatic carbocycles. The van der Waals surface area contributed by atoms with Gasteiger partial charge in [-0.2, -0.15) is 0 Å². The molecule has 0 aliphatic rings. The maximum absolute atomic E-state index is 10.7. The number of aromatic hydroxyl groups is 2. The second-order valence-corrected chi connectivity index (χ2v) is 9.01. The first-order valence-corrected chi connectivity index (χ1v) is 11.8. The van der Waals surface area contributed by atoms with Crippen LogP contribution in [-0.4, -0.2) is 10.2 Å². The van der Waals surface area contributed by atoms with Gasteiger partial charge >= 0.3 is 0 Å². The van der Waals surface area contributed by atoms with Crippen LogP contribution in [0.3, 0.4) is 0 Å². The largest absolute Gasteiger partial charge is 0.506 e. The first-order chi connectivity index (χ1) is 16.4. The normalized spacial score (nSPS) is 10.9. The molecule has 6 heteroatoms. The lowest BCUT2D eigenvalue weighted by Crippen LogP contribution is -2.04. The summed E-state index contributed by atoms with van der Waals surface area (Å²) in [5, 5.41) is 28.7. The van der Waals surface area contributed by atoms with E-state index in [9.17, 15) is 10.2 Å². The Kier molecular flexibility index (Phi) is 7.51. The molecule has 0 heterocycles. The van der Waals surface area contributed by atoms with Crippen LogP contribution in [0.2, 0.25) is 10.0 Å². The van der Waals surface area contributed by atoms with Gasteiger partial charge in [0.1, 0.15) is 11.5 Å². The van der Waals surface area contributed by atoms with Crippen LogP contribution in [0.1, 0.15) is 35.1 Å². The molecule has 0 saturated heterocycles. The van der Waals surface area contributed by atoms with E-state index in [1.54, 1.807) is 12.1 Å². The van der Waals surface area contributed by atoms with E-state index < -0.39 is 0 Å². The Balaban J connectivity index is 1.60. The van der Waals surface area contributed by atoms with Gasteiger partial charge in [-0.25, -0.2) is 0 Å². The van der Waals surface area contributed by atoms with Crippen LogP contribution in [0, 0.1) is 0 Å². The number of hydrogen-bond acceptors (Lipinski definition) is 4. The van der Waals surface area contributed by atoms with Gasteiger partial charge in [0.15, 0.2) is 0 Å². The van der Waals surface area contributed by atoms with E-state index in [4.69, 9.17) is 23.2 Å². The quantitative estimate of drug-likeness (QED) is 0.189. The van der Waals surface area contributed by atoms with E-state index in [1.807, 2.05) is 79.7 Å². The van der Waals surface area contributed by atoms with Crippen molar-refractivity contribution >= 4 is 34.6 Å². The topological polar surface area (TPSA) is 64.5 Å². The van der Waals surface area contributed by atoms with Crippen molar-refractivity contribution in [2.45, 2.75) is 25.9 Å². The standard InChI is InChI=1S/C28H26Cl2N2O2/c1-18(23-12-21(14-25(29)27(23)33)31-16-19-8-4-2-5-9-19)24-13-22(15-26(30)28(24)34)32-17-20-10-6-3-7-11-20/h2-15,18,31-34H,16-17H2,1H3. The highest BCUT2D eigenvalue weighted by molar-refractivity contribution is 6.33. The van der Waals surface area contributed by atoms with Crippen molar-refractivity contribution in [3.8, 4) is 11.5 Å². The molecule has 4 aromatic carbocycles. The maximum Gasteiger partial charge on any atom is 0.138 e. The zero-order chi connectivity index (χ0) is 24.1. The number of benzene rings is 4. The molecule has 0 bridgehead atoms. The summed E-state index contributed by atoms with van der Waals surface area (Å²) in [5.74, 6) is -0.401. The Labute approximate surface area is 209 Å². The summed E-state index contributed by atoms with van der Waals surface area (Å²) in [6.45, 7) is 3.14. The molecule has 4 N–H and O–H groups in total. The molecule has 0 saturated carbocycles. The maximum atomic E-state index is 10.7. The number of halogens is 2. The smallest absolute Gasteiger partial charge is 0.138 e. The van der Waals surface area contributed by atoms with Crippen LogP contribution in [-0.2, 0) is 13.1 Å². The first-order valence-electron chi connectivity index (χ1n) is 11.0. The zero-order valence-electron chi connectivity index (χ0n) is 18.7. The van der Waals surface area contributed by atoms with Crippen molar-refractivity contribution in [3.05, 3.63) is 117 Å². The van der Waals surface area contributed by atoms with Crippen molar-refractivity contribution in [2.24, 2.45) is 0 Å². The average molecular weight is 493 g/mol.